The number of halogens is 1. The van der Waals surface area contributed by atoms with E-state index < -0.39 is 17.9 Å². The molecule has 2 unspecified atom stereocenters. The summed E-state index contributed by atoms with van der Waals surface area (Å²) in [6.07, 6.45) is 1.18. The fourth-order valence-electron chi connectivity index (χ4n) is 3.38. The zero-order valence-corrected chi connectivity index (χ0v) is 17.6. The average molecular weight is 432 g/mol. The molecule has 1 aromatic heterocycles. The van der Waals surface area contributed by atoms with Crippen molar-refractivity contribution in [3.63, 3.8) is 0 Å². The topological polar surface area (TPSA) is 102 Å². The minimum absolute atomic E-state index is 0.206. The highest BCUT2D eigenvalue weighted by molar-refractivity contribution is 5.99. The number of benzene rings is 1. The van der Waals surface area contributed by atoms with Crippen molar-refractivity contribution in [2.75, 3.05) is 38.0 Å². The molecule has 3 amide bonds. The van der Waals surface area contributed by atoms with Gasteiger partial charge in [0, 0.05) is 37.0 Å². The van der Waals surface area contributed by atoms with Crippen LogP contribution in [0.4, 0.5) is 25.4 Å². The van der Waals surface area contributed by atoms with Crippen LogP contribution in [-0.4, -0.2) is 61.5 Å². The van der Waals surface area contributed by atoms with E-state index in [1.165, 1.54) is 36.4 Å². The van der Waals surface area contributed by atoms with Crippen molar-refractivity contribution >= 4 is 23.5 Å². The van der Waals surface area contributed by atoms with Crippen molar-refractivity contribution in [2.24, 2.45) is 0 Å². The van der Waals surface area contributed by atoms with Crippen LogP contribution in [0.3, 0.4) is 0 Å². The van der Waals surface area contributed by atoms with Gasteiger partial charge in [0.25, 0.3) is 0 Å². The lowest BCUT2D eigenvalue weighted by Gasteiger charge is -2.21. The summed E-state index contributed by atoms with van der Waals surface area (Å²) in [7, 11) is 2.86. The fourth-order valence-corrected chi connectivity index (χ4v) is 3.38. The molecule has 31 heavy (non-hydrogen) atoms. The quantitative estimate of drug-likeness (QED) is 0.725. The number of urea groups is 1. The number of methoxy groups -OCH3 is 2. The molecule has 1 aliphatic rings. The second-order valence-electron chi connectivity index (χ2n) is 7.15. The van der Waals surface area contributed by atoms with E-state index in [2.05, 4.69) is 15.6 Å². The Morgan fingerprint density at radius 1 is 1.19 bits per heavy atom. The molecule has 0 saturated carbocycles. The number of anilines is 2. The molecule has 1 aromatic carbocycles. The first-order valence-corrected chi connectivity index (χ1v) is 9.69. The number of rotatable bonds is 6. The van der Waals surface area contributed by atoms with Crippen molar-refractivity contribution < 1.29 is 28.2 Å². The molecule has 2 aromatic rings. The number of hydrogen-bond donors (Lipinski definition) is 2. The molecule has 2 atom stereocenters. The van der Waals surface area contributed by atoms with Gasteiger partial charge in [-0.1, -0.05) is 0 Å². The lowest BCUT2D eigenvalue weighted by atomic mass is 10.2. The van der Waals surface area contributed by atoms with Crippen LogP contribution < -0.4 is 15.4 Å². The molecule has 0 aliphatic carbocycles. The number of pyridine rings is 1. The third kappa shape index (κ3) is 6.05. The molecule has 1 fully saturated rings. The first-order chi connectivity index (χ1) is 14.9. The second-order valence-corrected chi connectivity index (χ2v) is 7.15. The molecule has 166 valence electrons. The van der Waals surface area contributed by atoms with Gasteiger partial charge in [-0.25, -0.2) is 14.0 Å². The maximum absolute atomic E-state index is 14.1. The Morgan fingerprint density at radius 2 is 1.97 bits per heavy atom. The molecule has 0 bridgehead atoms. The van der Waals surface area contributed by atoms with Gasteiger partial charge in [-0.05, 0) is 25.1 Å². The minimum atomic E-state index is -0.568. The second kappa shape index (κ2) is 10.1. The highest BCUT2D eigenvalue weighted by atomic mass is 19.1. The molecule has 2 N–H and O–H groups in total. The standard InChI is InChI=1S/C21H25FN4O5/c1-13-4-5-15(10-23-13)24-20(27)25-16-6-14(22)7-18(8-16)31-19-9-17(12-29-2)26(11-19)21(28)30-3/h4-8,10,17,19H,9,11-12H2,1-3H3,(H2,24,25,27). The van der Waals surface area contributed by atoms with E-state index in [-0.39, 0.29) is 30.1 Å². The van der Waals surface area contributed by atoms with E-state index in [9.17, 15) is 14.0 Å². The van der Waals surface area contributed by atoms with Crippen LogP contribution in [-0.2, 0) is 9.47 Å². The Labute approximate surface area is 179 Å². The van der Waals surface area contributed by atoms with E-state index >= 15 is 0 Å². The number of aryl methyl sites for hydroxylation is 1. The molecule has 3 rings (SSSR count). The molecule has 0 radical (unpaired) electrons. The van der Waals surface area contributed by atoms with E-state index in [0.717, 1.165) is 5.69 Å². The number of carbonyl (C=O) groups excluding carboxylic acids is 2. The smallest absolute Gasteiger partial charge is 0.409 e. The van der Waals surface area contributed by atoms with Crippen LogP contribution in [0.1, 0.15) is 12.1 Å². The van der Waals surface area contributed by atoms with Crippen LogP contribution >= 0.6 is 0 Å². The van der Waals surface area contributed by atoms with Gasteiger partial charge in [-0.15, -0.1) is 0 Å². The molecular formula is C21H25FN4O5. The molecular weight excluding hydrogens is 407 g/mol. The number of nitrogens with one attached hydrogen (secondary N) is 2. The van der Waals surface area contributed by atoms with Crippen LogP contribution in [0, 0.1) is 12.7 Å². The third-order valence-electron chi connectivity index (χ3n) is 4.75. The van der Waals surface area contributed by atoms with Crippen LogP contribution in [0.25, 0.3) is 0 Å². The number of hydrogen-bond acceptors (Lipinski definition) is 6. The van der Waals surface area contributed by atoms with Crippen molar-refractivity contribution in [1.82, 2.24) is 9.88 Å². The van der Waals surface area contributed by atoms with E-state index in [1.54, 1.807) is 19.2 Å². The summed E-state index contributed by atoms with van der Waals surface area (Å²) in [4.78, 5) is 29.8. The van der Waals surface area contributed by atoms with Gasteiger partial charge in [-0.2, -0.15) is 0 Å². The largest absolute Gasteiger partial charge is 0.488 e. The zero-order chi connectivity index (χ0) is 22.4. The number of amides is 3. The Bertz CT molecular complexity index is 924. The lowest BCUT2D eigenvalue weighted by Crippen LogP contribution is -2.38. The minimum Gasteiger partial charge on any atom is -0.488 e. The van der Waals surface area contributed by atoms with Crippen molar-refractivity contribution in [3.8, 4) is 5.75 Å². The molecule has 1 saturated heterocycles. The van der Waals surface area contributed by atoms with Gasteiger partial charge in [0.1, 0.15) is 17.7 Å². The first kappa shape index (κ1) is 22.3. The maximum Gasteiger partial charge on any atom is 0.409 e. The number of likely N-dealkylation sites (tertiary alicyclic amines) is 1. The van der Waals surface area contributed by atoms with Crippen molar-refractivity contribution in [2.45, 2.75) is 25.5 Å². The Hall–Kier alpha value is -3.40. The number of nitrogens with zero attached hydrogens (tertiary/aromatic N) is 2. The van der Waals surface area contributed by atoms with Crippen molar-refractivity contribution in [1.29, 1.82) is 0 Å². The zero-order valence-electron chi connectivity index (χ0n) is 17.6. The normalized spacial score (nSPS) is 17.9. The summed E-state index contributed by atoms with van der Waals surface area (Å²) in [6, 6.07) is 6.65. The van der Waals surface area contributed by atoms with Gasteiger partial charge in [0.15, 0.2) is 0 Å². The third-order valence-corrected chi connectivity index (χ3v) is 4.75. The highest BCUT2D eigenvalue weighted by Crippen LogP contribution is 2.27. The van der Waals surface area contributed by atoms with Crippen LogP contribution in [0.15, 0.2) is 36.5 Å². The SMILES string of the molecule is COCC1CC(Oc2cc(F)cc(NC(=O)Nc3ccc(C)nc3)c2)CN1C(=O)OC. The Kier molecular flexibility index (Phi) is 7.24. The monoisotopic (exact) mass is 432 g/mol. The highest BCUT2D eigenvalue weighted by Gasteiger charge is 2.37. The number of ether oxygens (including phenoxy) is 3. The summed E-state index contributed by atoms with van der Waals surface area (Å²) in [6.45, 7) is 2.45. The van der Waals surface area contributed by atoms with Gasteiger partial charge < -0.3 is 24.8 Å². The summed E-state index contributed by atoms with van der Waals surface area (Å²) in [5, 5.41) is 5.20. The van der Waals surface area contributed by atoms with Crippen LogP contribution in [0.5, 0.6) is 5.75 Å². The number of aromatic nitrogens is 1. The number of carbonyl (C=O) groups is 2. The van der Waals surface area contributed by atoms with Crippen LogP contribution in [0.2, 0.25) is 0 Å². The van der Waals surface area contributed by atoms with Gasteiger partial charge >= 0.3 is 12.1 Å². The lowest BCUT2D eigenvalue weighted by molar-refractivity contribution is 0.0866. The Morgan fingerprint density at radius 3 is 2.65 bits per heavy atom. The van der Waals surface area contributed by atoms with Crippen molar-refractivity contribution in [3.05, 3.63) is 48.0 Å². The van der Waals surface area contributed by atoms with Gasteiger partial charge in [-0.3, -0.25) is 9.88 Å². The molecule has 1 aliphatic heterocycles. The summed E-state index contributed by atoms with van der Waals surface area (Å²) in [5.41, 5.74) is 1.56. The molecule has 10 heteroatoms. The van der Waals surface area contributed by atoms with Gasteiger partial charge in [0.2, 0.25) is 0 Å². The molecule has 0 spiro atoms. The maximum atomic E-state index is 14.1. The predicted octanol–water partition coefficient (Wildman–Crippen LogP) is 3.41. The first-order valence-electron chi connectivity index (χ1n) is 9.69. The average Bonchev–Trinajstić information content (AvgIpc) is 3.11. The summed E-state index contributed by atoms with van der Waals surface area (Å²) in [5.74, 6) is -0.332. The summed E-state index contributed by atoms with van der Waals surface area (Å²) >= 11 is 0. The van der Waals surface area contributed by atoms with Gasteiger partial charge in [0.05, 0.1) is 38.2 Å². The fraction of sp³-hybridized carbons (Fsp3) is 0.381. The molecule has 9 nitrogen and oxygen atoms in total. The Balaban J connectivity index is 1.64. The van der Waals surface area contributed by atoms with E-state index in [1.807, 2.05) is 6.92 Å². The van der Waals surface area contributed by atoms with E-state index in [4.69, 9.17) is 14.2 Å². The summed E-state index contributed by atoms with van der Waals surface area (Å²) < 4.78 is 30.0. The van der Waals surface area contributed by atoms with E-state index in [0.29, 0.717) is 18.7 Å². The molecule has 2 heterocycles. The predicted molar refractivity (Wildman–Crippen MR) is 112 cm³/mol.